The fourth-order valence-corrected chi connectivity index (χ4v) is 1.87. The molecule has 0 amide bonds. The zero-order chi connectivity index (χ0) is 12.8. The van der Waals surface area contributed by atoms with E-state index in [1.54, 1.807) is 6.20 Å². The molecule has 2 aromatic rings. The first-order chi connectivity index (χ1) is 8.75. The van der Waals surface area contributed by atoms with Crippen molar-refractivity contribution in [1.29, 1.82) is 0 Å². The first kappa shape index (κ1) is 18.9. The summed E-state index contributed by atoms with van der Waals surface area (Å²) in [5.41, 5.74) is 3.94. The molecule has 0 saturated carbocycles. The minimum Gasteiger partial charge on any atom is -0.309 e. The van der Waals surface area contributed by atoms with Gasteiger partial charge in [0, 0.05) is 25.5 Å². The standard InChI is InChI=1S/C16H20N2.2ClH/c1-13(2)16-7-5-14(6-8-16)10-18-12-15-4-3-9-17-11-15;;/h3-9,11,13,18H,10,12H2,1-2H3;2*1H. The summed E-state index contributed by atoms with van der Waals surface area (Å²) in [6, 6.07) is 12.9. The predicted octanol–water partition coefficient (Wildman–Crippen LogP) is 4.34. The van der Waals surface area contributed by atoms with E-state index in [2.05, 4.69) is 54.5 Å². The summed E-state index contributed by atoms with van der Waals surface area (Å²) in [6.45, 7) is 6.19. The van der Waals surface area contributed by atoms with Gasteiger partial charge in [0.05, 0.1) is 0 Å². The van der Waals surface area contributed by atoms with E-state index in [1.807, 2.05) is 12.3 Å². The Bertz CT molecular complexity index is 470. The van der Waals surface area contributed by atoms with Gasteiger partial charge in [-0.2, -0.15) is 0 Å². The van der Waals surface area contributed by atoms with Gasteiger partial charge in [-0.15, -0.1) is 24.8 Å². The van der Waals surface area contributed by atoms with Crippen molar-refractivity contribution in [1.82, 2.24) is 10.3 Å². The minimum absolute atomic E-state index is 0. The Kier molecular flexibility index (Phi) is 9.23. The van der Waals surface area contributed by atoms with Crippen LogP contribution in [0.4, 0.5) is 0 Å². The number of nitrogens with zero attached hydrogens (tertiary/aromatic N) is 1. The summed E-state index contributed by atoms with van der Waals surface area (Å²) in [5, 5.41) is 3.43. The molecule has 1 aromatic heterocycles. The first-order valence-corrected chi connectivity index (χ1v) is 6.44. The molecular weight excluding hydrogens is 291 g/mol. The zero-order valence-electron chi connectivity index (χ0n) is 11.9. The summed E-state index contributed by atoms with van der Waals surface area (Å²) in [6.07, 6.45) is 3.70. The molecule has 1 aromatic carbocycles. The van der Waals surface area contributed by atoms with E-state index in [0.717, 1.165) is 13.1 Å². The van der Waals surface area contributed by atoms with Crippen molar-refractivity contribution in [2.24, 2.45) is 0 Å². The molecule has 0 saturated heterocycles. The molecule has 0 radical (unpaired) electrons. The lowest BCUT2D eigenvalue weighted by Gasteiger charge is -2.08. The molecule has 4 heteroatoms. The summed E-state index contributed by atoms with van der Waals surface area (Å²) in [4.78, 5) is 4.10. The number of nitrogens with one attached hydrogen (secondary N) is 1. The third-order valence-corrected chi connectivity index (χ3v) is 3.03. The quantitative estimate of drug-likeness (QED) is 0.888. The van der Waals surface area contributed by atoms with Crippen molar-refractivity contribution in [3.05, 3.63) is 65.5 Å². The maximum atomic E-state index is 4.10. The van der Waals surface area contributed by atoms with Crippen LogP contribution in [0, 0.1) is 0 Å². The average Bonchev–Trinajstić information content (AvgIpc) is 2.40. The minimum atomic E-state index is 0. The lowest BCUT2D eigenvalue weighted by Crippen LogP contribution is -2.12. The van der Waals surface area contributed by atoms with E-state index in [4.69, 9.17) is 0 Å². The van der Waals surface area contributed by atoms with Crippen molar-refractivity contribution >= 4 is 24.8 Å². The highest BCUT2D eigenvalue weighted by Gasteiger charge is 1.99. The molecule has 110 valence electrons. The molecule has 0 unspecified atom stereocenters. The summed E-state index contributed by atoms with van der Waals surface area (Å²) < 4.78 is 0. The maximum absolute atomic E-state index is 4.10. The normalized spacial score (nSPS) is 9.75. The molecule has 20 heavy (non-hydrogen) atoms. The van der Waals surface area contributed by atoms with Crippen molar-refractivity contribution in [3.8, 4) is 0 Å². The Labute approximate surface area is 133 Å². The number of hydrogen-bond donors (Lipinski definition) is 1. The molecule has 0 bridgehead atoms. The van der Waals surface area contributed by atoms with Crippen LogP contribution in [0.3, 0.4) is 0 Å². The highest BCUT2D eigenvalue weighted by Crippen LogP contribution is 2.14. The lowest BCUT2D eigenvalue weighted by atomic mass is 10.0. The van der Waals surface area contributed by atoms with Crippen molar-refractivity contribution in [2.75, 3.05) is 0 Å². The molecule has 0 aliphatic carbocycles. The number of rotatable bonds is 5. The highest BCUT2D eigenvalue weighted by atomic mass is 35.5. The Morgan fingerprint density at radius 3 is 2.15 bits per heavy atom. The smallest absolute Gasteiger partial charge is 0.0312 e. The van der Waals surface area contributed by atoms with Gasteiger partial charge in [0.1, 0.15) is 0 Å². The van der Waals surface area contributed by atoms with Crippen LogP contribution in [-0.4, -0.2) is 4.98 Å². The van der Waals surface area contributed by atoms with Crippen LogP contribution in [0.15, 0.2) is 48.8 Å². The first-order valence-electron chi connectivity index (χ1n) is 6.44. The average molecular weight is 313 g/mol. The number of aromatic nitrogens is 1. The molecule has 0 atom stereocenters. The molecule has 0 spiro atoms. The second-order valence-electron chi connectivity index (χ2n) is 4.86. The van der Waals surface area contributed by atoms with E-state index in [0.29, 0.717) is 5.92 Å². The van der Waals surface area contributed by atoms with Gasteiger partial charge in [-0.25, -0.2) is 0 Å². The van der Waals surface area contributed by atoms with Gasteiger partial charge < -0.3 is 5.32 Å². The molecule has 2 rings (SSSR count). The van der Waals surface area contributed by atoms with Crippen LogP contribution in [-0.2, 0) is 13.1 Å². The molecule has 2 nitrogen and oxygen atoms in total. The monoisotopic (exact) mass is 312 g/mol. The van der Waals surface area contributed by atoms with Crippen LogP contribution in [0.25, 0.3) is 0 Å². The van der Waals surface area contributed by atoms with Crippen LogP contribution < -0.4 is 5.32 Å². The lowest BCUT2D eigenvalue weighted by molar-refractivity contribution is 0.691. The van der Waals surface area contributed by atoms with Gasteiger partial charge in [0.25, 0.3) is 0 Å². The Morgan fingerprint density at radius 2 is 1.60 bits per heavy atom. The molecule has 1 heterocycles. The van der Waals surface area contributed by atoms with Gasteiger partial charge in [-0.3, -0.25) is 4.98 Å². The van der Waals surface area contributed by atoms with Crippen LogP contribution >= 0.6 is 24.8 Å². The zero-order valence-corrected chi connectivity index (χ0v) is 13.5. The topological polar surface area (TPSA) is 24.9 Å². The van der Waals surface area contributed by atoms with Crippen molar-refractivity contribution < 1.29 is 0 Å². The number of hydrogen-bond acceptors (Lipinski definition) is 2. The fourth-order valence-electron chi connectivity index (χ4n) is 1.87. The van der Waals surface area contributed by atoms with Crippen molar-refractivity contribution in [3.63, 3.8) is 0 Å². The van der Waals surface area contributed by atoms with E-state index in [9.17, 15) is 0 Å². The second-order valence-corrected chi connectivity index (χ2v) is 4.86. The SMILES string of the molecule is CC(C)c1ccc(CNCc2cccnc2)cc1.Cl.Cl. The Hall–Kier alpha value is -1.09. The number of pyridine rings is 1. The summed E-state index contributed by atoms with van der Waals surface area (Å²) >= 11 is 0. The Balaban J connectivity index is 0.00000180. The van der Waals surface area contributed by atoms with Gasteiger partial charge in [-0.1, -0.05) is 44.2 Å². The predicted molar refractivity (Wildman–Crippen MR) is 89.8 cm³/mol. The van der Waals surface area contributed by atoms with E-state index >= 15 is 0 Å². The van der Waals surface area contributed by atoms with Gasteiger partial charge in [0.2, 0.25) is 0 Å². The number of halogens is 2. The van der Waals surface area contributed by atoms with Crippen LogP contribution in [0.1, 0.15) is 36.5 Å². The van der Waals surface area contributed by atoms with Crippen LogP contribution in [0.2, 0.25) is 0 Å². The third-order valence-electron chi connectivity index (χ3n) is 3.03. The fraction of sp³-hybridized carbons (Fsp3) is 0.312. The molecule has 0 aliphatic rings. The summed E-state index contributed by atoms with van der Waals surface area (Å²) in [5.74, 6) is 0.599. The van der Waals surface area contributed by atoms with E-state index in [1.165, 1.54) is 16.7 Å². The summed E-state index contributed by atoms with van der Waals surface area (Å²) in [7, 11) is 0. The Morgan fingerprint density at radius 1 is 0.950 bits per heavy atom. The number of benzene rings is 1. The van der Waals surface area contributed by atoms with Crippen molar-refractivity contribution in [2.45, 2.75) is 32.9 Å². The third kappa shape index (κ3) is 5.91. The van der Waals surface area contributed by atoms with Gasteiger partial charge in [-0.05, 0) is 28.7 Å². The highest BCUT2D eigenvalue weighted by molar-refractivity contribution is 5.85. The van der Waals surface area contributed by atoms with E-state index in [-0.39, 0.29) is 24.8 Å². The van der Waals surface area contributed by atoms with Gasteiger partial charge >= 0.3 is 0 Å². The maximum Gasteiger partial charge on any atom is 0.0312 e. The molecule has 0 fully saturated rings. The van der Waals surface area contributed by atoms with E-state index < -0.39 is 0 Å². The second kappa shape index (κ2) is 9.76. The van der Waals surface area contributed by atoms with Gasteiger partial charge in [0.15, 0.2) is 0 Å². The molecular formula is C16H22Cl2N2. The molecule has 1 N–H and O–H groups in total. The molecule has 0 aliphatic heterocycles. The van der Waals surface area contributed by atoms with Crippen LogP contribution in [0.5, 0.6) is 0 Å². The largest absolute Gasteiger partial charge is 0.309 e.